The number of rotatable bonds is 5. The predicted octanol–water partition coefficient (Wildman–Crippen LogP) is 3.58. The highest BCUT2D eigenvalue weighted by Crippen LogP contribution is 2.56. The van der Waals surface area contributed by atoms with E-state index >= 15 is 0 Å². The number of hydrogen-bond acceptors (Lipinski definition) is 3. The molecule has 1 heterocycles. The Morgan fingerprint density at radius 3 is 1.94 bits per heavy atom. The van der Waals surface area contributed by atoms with Crippen molar-refractivity contribution < 1.29 is 13.6 Å². The van der Waals surface area contributed by atoms with Crippen LogP contribution in [0.1, 0.15) is 20.8 Å². The molecule has 0 unspecified atom stereocenters. The summed E-state index contributed by atoms with van der Waals surface area (Å²) in [6.45, 7) is 8.16. The molecule has 0 aromatic rings. The van der Waals surface area contributed by atoms with Crippen LogP contribution in [-0.4, -0.2) is 42.7 Å². The molecule has 0 N–H and O–H groups in total. The smallest absolute Gasteiger partial charge is 0.296 e. The van der Waals surface area contributed by atoms with Gasteiger partial charge in [0.2, 0.25) is 0 Å². The third kappa shape index (κ3) is 4.36. The Kier molecular flexibility index (Phi) is 6.43. The average Bonchev–Trinajstić information content (AvgIpc) is 2.28. The summed E-state index contributed by atoms with van der Waals surface area (Å²) in [5.74, 6) is 0.987. The van der Waals surface area contributed by atoms with Crippen molar-refractivity contribution in [2.75, 3.05) is 38.1 Å². The van der Waals surface area contributed by atoms with Crippen LogP contribution in [0.15, 0.2) is 0 Å². The molecule has 0 aromatic heterocycles. The largest absolute Gasteiger partial charge is 0.408 e. The normalized spacial score (nSPS) is 29.8. The minimum Gasteiger partial charge on any atom is -0.296 e. The molecule has 108 valence electrons. The standard InChI is InChI=1S/C11H22Cl2NO3P/c1-11(2,3)10-8-16-18(15,17-9-10)14(6-4-12)7-5-13/h10H,4-9H2,1-3H3. The fourth-order valence-electron chi connectivity index (χ4n) is 1.67. The van der Waals surface area contributed by atoms with Gasteiger partial charge in [-0.1, -0.05) is 20.8 Å². The zero-order valence-corrected chi connectivity index (χ0v) is 13.6. The van der Waals surface area contributed by atoms with Crippen molar-refractivity contribution in [1.29, 1.82) is 0 Å². The Hall–Kier alpha value is 0.690. The topological polar surface area (TPSA) is 38.8 Å². The van der Waals surface area contributed by atoms with Gasteiger partial charge in [-0.2, -0.15) is 0 Å². The average molecular weight is 318 g/mol. The summed E-state index contributed by atoms with van der Waals surface area (Å²) in [7, 11) is -3.20. The lowest BCUT2D eigenvalue weighted by Crippen LogP contribution is -2.37. The summed E-state index contributed by atoms with van der Waals surface area (Å²) in [4.78, 5) is 0. The molecule has 0 saturated carbocycles. The number of halogens is 2. The second-order valence-corrected chi connectivity index (χ2v) is 8.23. The van der Waals surface area contributed by atoms with Crippen molar-refractivity contribution in [3.05, 3.63) is 0 Å². The van der Waals surface area contributed by atoms with Gasteiger partial charge in [-0.25, -0.2) is 9.24 Å². The van der Waals surface area contributed by atoms with Crippen LogP contribution >= 0.6 is 30.9 Å². The SMILES string of the molecule is CC(C)(C)C1COP(=O)(N(CCCl)CCCl)OC1. The maximum atomic E-state index is 12.5. The molecule has 18 heavy (non-hydrogen) atoms. The molecule has 0 aromatic carbocycles. The Balaban J connectivity index is 2.64. The minimum atomic E-state index is -3.20. The molecular weight excluding hydrogens is 296 g/mol. The summed E-state index contributed by atoms with van der Waals surface area (Å²) >= 11 is 11.4. The van der Waals surface area contributed by atoms with Crippen molar-refractivity contribution in [2.45, 2.75) is 20.8 Å². The highest BCUT2D eigenvalue weighted by molar-refractivity contribution is 7.51. The molecule has 1 rings (SSSR count). The first-order valence-corrected chi connectivity index (χ1v) is 8.66. The van der Waals surface area contributed by atoms with Gasteiger partial charge in [0.05, 0.1) is 13.2 Å². The molecule has 1 fully saturated rings. The minimum absolute atomic E-state index is 0.0784. The Morgan fingerprint density at radius 2 is 1.61 bits per heavy atom. The van der Waals surface area contributed by atoms with Crippen molar-refractivity contribution in [3.8, 4) is 0 Å². The first-order chi connectivity index (χ1) is 8.33. The molecule has 1 aliphatic rings. The lowest BCUT2D eigenvalue weighted by Gasteiger charge is -2.39. The highest BCUT2D eigenvalue weighted by atomic mass is 35.5. The van der Waals surface area contributed by atoms with Gasteiger partial charge >= 0.3 is 7.75 Å². The van der Waals surface area contributed by atoms with Crippen LogP contribution < -0.4 is 0 Å². The number of alkyl halides is 2. The van der Waals surface area contributed by atoms with E-state index in [1.54, 1.807) is 4.67 Å². The maximum Gasteiger partial charge on any atom is 0.408 e. The monoisotopic (exact) mass is 317 g/mol. The van der Waals surface area contributed by atoms with Gasteiger partial charge in [-0.05, 0) is 5.41 Å². The molecule has 0 bridgehead atoms. The van der Waals surface area contributed by atoms with Crippen molar-refractivity contribution in [1.82, 2.24) is 4.67 Å². The summed E-state index contributed by atoms with van der Waals surface area (Å²) in [5, 5.41) is 0. The van der Waals surface area contributed by atoms with Crippen molar-refractivity contribution in [2.24, 2.45) is 11.3 Å². The third-order valence-electron chi connectivity index (χ3n) is 3.13. The Labute approximate surface area is 119 Å². The quantitative estimate of drug-likeness (QED) is 0.574. The van der Waals surface area contributed by atoms with Crippen LogP contribution in [0.5, 0.6) is 0 Å². The molecule has 0 radical (unpaired) electrons. The van der Waals surface area contributed by atoms with E-state index in [2.05, 4.69) is 20.8 Å². The van der Waals surface area contributed by atoms with Crippen LogP contribution in [0.2, 0.25) is 0 Å². The fraction of sp³-hybridized carbons (Fsp3) is 1.00. The van der Waals surface area contributed by atoms with Gasteiger partial charge in [-0.15, -0.1) is 23.2 Å². The molecule has 0 spiro atoms. The van der Waals surface area contributed by atoms with Gasteiger partial charge < -0.3 is 0 Å². The van der Waals surface area contributed by atoms with Crippen LogP contribution in [-0.2, 0) is 13.6 Å². The van der Waals surface area contributed by atoms with E-state index in [9.17, 15) is 4.57 Å². The summed E-state index contributed by atoms with van der Waals surface area (Å²) in [6.07, 6.45) is 0. The number of hydrogen-bond donors (Lipinski definition) is 0. The van der Waals surface area contributed by atoms with E-state index in [0.29, 0.717) is 38.1 Å². The fourth-order valence-corrected chi connectivity index (χ4v) is 4.14. The first kappa shape index (κ1) is 16.7. The Bertz CT molecular complexity index is 291. The second-order valence-electron chi connectivity index (χ2n) is 5.45. The first-order valence-electron chi connectivity index (χ1n) is 6.10. The maximum absolute atomic E-state index is 12.5. The van der Waals surface area contributed by atoms with E-state index in [-0.39, 0.29) is 11.3 Å². The van der Waals surface area contributed by atoms with E-state index < -0.39 is 7.75 Å². The summed E-state index contributed by atoms with van der Waals surface area (Å²) in [5.41, 5.74) is 0.0784. The summed E-state index contributed by atoms with van der Waals surface area (Å²) < 4.78 is 25.2. The van der Waals surface area contributed by atoms with Gasteiger partial charge in [0, 0.05) is 30.8 Å². The van der Waals surface area contributed by atoms with Crippen LogP contribution in [0.3, 0.4) is 0 Å². The molecule has 0 amide bonds. The molecule has 0 atom stereocenters. The zero-order chi connectivity index (χ0) is 13.8. The lowest BCUT2D eigenvalue weighted by atomic mass is 9.82. The summed E-state index contributed by atoms with van der Waals surface area (Å²) in [6, 6.07) is 0. The van der Waals surface area contributed by atoms with Gasteiger partial charge in [0.15, 0.2) is 0 Å². The van der Waals surface area contributed by atoms with E-state index in [0.717, 1.165) is 0 Å². The number of nitrogens with zero attached hydrogens (tertiary/aromatic N) is 1. The van der Waals surface area contributed by atoms with Gasteiger partial charge in [0.1, 0.15) is 0 Å². The van der Waals surface area contributed by atoms with Crippen molar-refractivity contribution in [3.63, 3.8) is 0 Å². The molecule has 1 saturated heterocycles. The van der Waals surface area contributed by atoms with Gasteiger partial charge in [-0.3, -0.25) is 9.05 Å². The van der Waals surface area contributed by atoms with Crippen LogP contribution in [0.25, 0.3) is 0 Å². The van der Waals surface area contributed by atoms with E-state index in [4.69, 9.17) is 32.2 Å². The predicted molar refractivity (Wildman–Crippen MR) is 75.5 cm³/mol. The van der Waals surface area contributed by atoms with E-state index in [1.807, 2.05) is 0 Å². The van der Waals surface area contributed by atoms with Crippen LogP contribution in [0, 0.1) is 11.3 Å². The highest BCUT2D eigenvalue weighted by Gasteiger charge is 2.41. The lowest BCUT2D eigenvalue weighted by molar-refractivity contribution is 0.0190. The molecule has 1 aliphatic heterocycles. The van der Waals surface area contributed by atoms with Crippen LogP contribution in [0.4, 0.5) is 0 Å². The van der Waals surface area contributed by atoms with Crippen molar-refractivity contribution >= 4 is 30.9 Å². The zero-order valence-electron chi connectivity index (χ0n) is 11.2. The third-order valence-corrected chi connectivity index (χ3v) is 5.52. The molecular formula is C11H22Cl2NO3P. The molecule has 7 heteroatoms. The molecule has 0 aliphatic carbocycles. The van der Waals surface area contributed by atoms with E-state index in [1.165, 1.54) is 0 Å². The molecule has 4 nitrogen and oxygen atoms in total. The van der Waals surface area contributed by atoms with Gasteiger partial charge in [0.25, 0.3) is 0 Å². The Morgan fingerprint density at radius 1 is 1.17 bits per heavy atom. The second kappa shape index (κ2) is 6.92.